The molecule has 0 saturated carbocycles. The van der Waals surface area contributed by atoms with Gasteiger partial charge in [0.1, 0.15) is 97.7 Å². The van der Waals surface area contributed by atoms with Crippen molar-refractivity contribution in [2.24, 2.45) is 5.92 Å². The Morgan fingerprint density at radius 1 is 0.447 bits per heavy atom. The molecule has 0 aliphatic carbocycles. The van der Waals surface area contributed by atoms with Gasteiger partial charge >= 0.3 is 0 Å². The van der Waals surface area contributed by atoms with Gasteiger partial charge in [-0.1, -0.05) is 13.8 Å². The Morgan fingerprint density at radius 3 is 1.30 bits per heavy atom. The minimum absolute atomic E-state index is 0.429. The smallest absolute Gasteiger partial charge is 0.187 e. The SMILES string of the molecule is CC(C)[C@@H]1O[C@H](CO)[C@@H](O)[C@H](O[C@@H]2O[C@H](CO[C@@H]3O[C@H](CO)[C@@H](O)[C@H](O)[C@H]3O)[C@@H](O)[C@H](O)[C@H]2O)[C@H]1O[C@@H]1O[C@H](CO)[C@@H](O)[C@H](O)[C@H]1O. The van der Waals surface area contributed by atoms with Crippen LogP contribution in [0.2, 0.25) is 0 Å². The van der Waals surface area contributed by atoms with E-state index >= 15 is 0 Å². The van der Waals surface area contributed by atoms with Crippen LogP contribution in [0.25, 0.3) is 0 Å². The predicted molar refractivity (Wildman–Crippen MR) is 147 cm³/mol. The van der Waals surface area contributed by atoms with E-state index in [2.05, 4.69) is 0 Å². The van der Waals surface area contributed by atoms with Gasteiger partial charge in [0.15, 0.2) is 18.9 Å². The summed E-state index contributed by atoms with van der Waals surface area (Å²) in [6, 6.07) is 0. The third-order valence-electron chi connectivity index (χ3n) is 8.91. The van der Waals surface area contributed by atoms with Crippen LogP contribution in [0.1, 0.15) is 13.8 Å². The van der Waals surface area contributed by atoms with E-state index in [0.717, 1.165) is 0 Å². The summed E-state index contributed by atoms with van der Waals surface area (Å²) in [5, 5.41) is 134. The van der Waals surface area contributed by atoms with E-state index in [1.807, 2.05) is 0 Å². The van der Waals surface area contributed by atoms with Crippen molar-refractivity contribution in [3.63, 3.8) is 0 Å². The molecule has 20 nitrogen and oxygen atoms in total. The predicted octanol–water partition coefficient (Wildman–Crippen LogP) is -8.04. The minimum atomic E-state index is -1.96. The van der Waals surface area contributed by atoms with E-state index in [0.29, 0.717) is 0 Å². The standard InChI is InChI=1S/C27H48O20/c1-7(2)22-24(47-26-20(39)17(36)13(32)9(4-29)44-26)23(15(34)10(5-30)42-22)46-27-21(40)18(37)14(33)11(45-27)6-41-25-19(38)16(35)12(31)8(3-28)43-25/h7-40H,3-6H2,1-2H3/t8-,9-,10-,11-,12-,13-,14-,15-,16+,17+,18+,19-,20-,21-,22+,23+,24+,25-,26+,27+/m1/s1. The van der Waals surface area contributed by atoms with Crippen molar-refractivity contribution in [2.45, 2.75) is 136 Å². The maximum atomic E-state index is 11.2. The highest BCUT2D eigenvalue weighted by Gasteiger charge is 2.55. The third kappa shape index (κ3) is 8.08. The highest BCUT2D eigenvalue weighted by Crippen LogP contribution is 2.35. The molecule has 4 saturated heterocycles. The first-order chi connectivity index (χ1) is 22.2. The molecule has 0 radical (unpaired) electrons. The summed E-state index contributed by atoms with van der Waals surface area (Å²) in [5.74, 6) is -0.429. The molecule has 4 rings (SSSR count). The Hall–Kier alpha value is -0.800. The zero-order valence-corrected chi connectivity index (χ0v) is 25.6. The molecule has 0 unspecified atom stereocenters. The number of aliphatic hydroxyl groups excluding tert-OH is 13. The molecule has 4 fully saturated rings. The number of hydrogen-bond acceptors (Lipinski definition) is 20. The highest BCUT2D eigenvalue weighted by molar-refractivity contribution is 4.99. The lowest BCUT2D eigenvalue weighted by molar-refractivity contribution is -0.376. The molecule has 4 aliphatic rings. The van der Waals surface area contributed by atoms with Gasteiger partial charge < -0.3 is 99.5 Å². The van der Waals surface area contributed by atoms with E-state index in [9.17, 15) is 66.4 Å². The van der Waals surface area contributed by atoms with Crippen molar-refractivity contribution in [2.75, 3.05) is 26.4 Å². The Bertz CT molecular complexity index is 959. The molecule has 0 bridgehead atoms. The van der Waals surface area contributed by atoms with Crippen molar-refractivity contribution in [1.82, 2.24) is 0 Å². The minimum Gasteiger partial charge on any atom is -0.394 e. The second-order valence-corrected chi connectivity index (χ2v) is 12.5. The molecular formula is C27H48O20. The Balaban J connectivity index is 1.55. The van der Waals surface area contributed by atoms with Crippen LogP contribution >= 0.6 is 0 Å². The fraction of sp³-hybridized carbons (Fsp3) is 1.00. The maximum absolute atomic E-state index is 11.2. The van der Waals surface area contributed by atoms with Crippen LogP contribution in [0.15, 0.2) is 0 Å². The Morgan fingerprint density at radius 2 is 0.830 bits per heavy atom. The third-order valence-corrected chi connectivity index (χ3v) is 8.91. The van der Waals surface area contributed by atoms with Gasteiger partial charge in [-0.2, -0.15) is 0 Å². The zero-order valence-electron chi connectivity index (χ0n) is 25.6. The summed E-state index contributed by atoms with van der Waals surface area (Å²) >= 11 is 0. The molecule has 4 heterocycles. The van der Waals surface area contributed by atoms with Gasteiger partial charge in [0.2, 0.25) is 0 Å². The molecule has 13 N–H and O–H groups in total. The molecule has 0 aromatic rings. The topological polar surface area (TPSA) is 328 Å². The summed E-state index contributed by atoms with van der Waals surface area (Å²) in [7, 11) is 0. The van der Waals surface area contributed by atoms with E-state index in [4.69, 9.17) is 33.2 Å². The maximum Gasteiger partial charge on any atom is 0.187 e. The molecular weight excluding hydrogens is 644 g/mol. The van der Waals surface area contributed by atoms with Crippen molar-refractivity contribution >= 4 is 0 Å². The van der Waals surface area contributed by atoms with Gasteiger partial charge in [-0.15, -0.1) is 0 Å². The molecule has 0 aromatic carbocycles. The van der Waals surface area contributed by atoms with E-state index in [1.165, 1.54) is 0 Å². The monoisotopic (exact) mass is 692 g/mol. The quantitative estimate of drug-likeness (QED) is 0.0956. The first-order valence-corrected chi connectivity index (χ1v) is 15.3. The first-order valence-electron chi connectivity index (χ1n) is 15.3. The van der Waals surface area contributed by atoms with Crippen LogP contribution in [-0.4, -0.2) is 215 Å². The average molecular weight is 693 g/mol. The van der Waals surface area contributed by atoms with Crippen LogP contribution in [0, 0.1) is 5.92 Å². The van der Waals surface area contributed by atoms with Gasteiger partial charge in [-0.3, -0.25) is 0 Å². The molecule has 0 spiro atoms. The summed E-state index contributed by atoms with van der Waals surface area (Å²) in [4.78, 5) is 0. The Kier molecular flexibility index (Phi) is 13.7. The summed E-state index contributed by atoms with van der Waals surface area (Å²) in [6.07, 6.45) is -32.7. The Labute approximate surface area is 268 Å². The van der Waals surface area contributed by atoms with Gasteiger partial charge in [0.25, 0.3) is 0 Å². The molecule has 0 amide bonds. The van der Waals surface area contributed by atoms with E-state index in [1.54, 1.807) is 13.8 Å². The average Bonchev–Trinajstić information content (AvgIpc) is 3.05. The highest BCUT2D eigenvalue weighted by atomic mass is 16.8. The van der Waals surface area contributed by atoms with Crippen molar-refractivity contribution < 1.29 is 99.5 Å². The lowest BCUT2D eigenvalue weighted by Crippen LogP contribution is -2.67. The van der Waals surface area contributed by atoms with E-state index < -0.39 is 155 Å². The molecule has 20 atom stereocenters. The van der Waals surface area contributed by atoms with Crippen LogP contribution in [0.3, 0.4) is 0 Å². The van der Waals surface area contributed by atoms with Crippen molar-refractivity contribution in [1.29, 1.82) is 0 Å². The van der Waals surface area contributed by atoms with Gasteiger partial charge in [0, 0.05) is 0 Å². The first kappa shape index (κ1) is 39.0. The van der Waals surface area contributed by atoms with Crippen LogP contribution < -0.4 is 0 Å². The molecule has 20 heteroatoms. The summed E-state index contributed by atoms with van der Waals surface area (Å²) in [6.45, 7) is 0.514. The largest absolute Gasteiger partial charge is 0.394 e. The normalized spacial score (nSPS) is 51.3. The summed E-state index contributed by atoms with van der Waals surface area (Å²) in [5.41, 5.74) is 0. The number of aliphatic hydroxyl groups is 13. The molecule has 4 aliphatic heterocycles. The van der Waals surface area contributed by atoms with Gasteiger partial charge in [-0.25, -0.2) is 0 Å². The number of hydrogen-bond donors (Lipinski definition) is 13. The van der Waals surface area contributed by atoms with E-state index in [-0.39, 0.29) is 0 Å². The fourth-order valence-corrected chi connectivity index (χ4v) is 6.00. The molecule has 276 valence electrons. The van der Waals surface area contributed by atoms with Gasteiger partial charge in [-0.05, 0) is 5.92 Å². The lowest BCUT2D eigenvalue weighted by atomic mass is 9.88. The van der Waals surface area contributed by atoms with Crippen molar-refractivity contribution in [3.8, 4) is 0 Å². The van der Waals surface area contributed by atoms with Crippen LogP contribution in [0.4, 0.5) is 0 Å². The summed E-state index contributed by atoms with van der Waals surface area (Å²) < 4.78 is 39.6. The van der Waals surface area contributed by atoms with Crippen LogP contribution in [0.5, 0.6) is 0 Å². The second-order valence-electron chi connectivity index (χ2n) is 12.5. The van der Waals surface area contributed by atoms with Gasteiger partial charge in [0.05, 0.1) is 32.5 Å². The molecule has 47 heavy (non-hydrogen) atoms. The van der Waals surface area contributed by atoms with Crippen molar-refractivity contribution in [3.05, 3.63) is 0 Å². The zero-order chi connectivity index (χ0) is 34.9. The number of ether oxygens (including phenoxy) is 7. The number of rotatable bonds is 11. The fourth-order valence-electron chi connectivity index (χ4n) is 6.00. The van der Waals surface area contributed by atoms with Crippen LogP contribution in [-0.2, 0) is 33.2 Å². The molecule has 0 aromatic heterocycles. The second kappa shape index (κ2) is 16.5. The lowest BCUT2D eigenvalue weighted by Gasteiger charge is -2.50.